The predicted molar refractivity (Wildman–Crippen MR) is 72.5 cm³/mol. The summed E-state index contributed by atoms with van der Waals surface area (Å²) in [6, 6.07) is 3.09. The second kappa shape index (κ2) is 4.87. The monoisotopic (exact) mass is 291 g/mol. The number of furan rings is 1. The number of aryl methyl sites for hydroxylation is 1. The highest BCUT2D eigenvalue weighted by Gasteiger charge is 2.38. The van der Waals surface area contributed by atoms with E-state index in [-0.39, 0.29) is 11.7 Å². The summed E-state index contributed by atoms with van der Waals surface area (Å²) in [5.74, 6) is -2.04. The Kier molecular flexibility index (Phi) is 3.16. The van der Waals surface area contributed by atoms with E-state index in [0.717, 1.165) is 12.8 Å². The van der Waals surface area contributed by atoms with E-state index in [1.807, 2.05) is 0 Å². The molecular formula is C15H14FNO4. The SMILES string of the molecule is Cc1c(C(=O)NC(C(=O)O)C2CC2)oc2ccc(F)cc12. The van der Waals surface area contributed by atoms with Gasteiger partial charge in [0.1, 0.15) is 17.4 Å². The van der Waals surface area contributed by atoms with Gasteiger partial charge in [-0.15, -0.1) is 0 Å². The van der Waals surface area contributed by atoms with Crippen LogP contribution in [-0.4, -0.2) is 23.0 Å². The maximum Gasteiger partial charge on any atom is 0.326 e. The molecule has 1 aromatic heterocycles. The van der Waals surface area contributed by atoms with Crippen molar-refractivity contribution in [3.63, 3.8) is 0 Å². The fourth-order valence-corrected chi connectivity index (χ4v) is 2.43. The molecule has 6 heteroatoms. The molecule has 0 bridgehead atoms. The number of hydrogen-bond acceptors (Lipinski definition) is 3. The Morgan fingerprint density at radius 1 is 1.43 bits per heavy atom. The first-order valence-corrected chi connectivity index (χ1v) is 6.69. The predicted octanol–water partition coefficient (Wildman–Crippen LogP) is 2.47. The minimum Gasteiger partial charge on any atom is -0.480 e. The molecule has 1 aliphatic rings. The molecule has 0 saturated heterocycles. The Bertz CT molecular complexity index is 733. The van der Waals surface area contributed by atoms with Crippen LogP contribution in [0, 0.1) is 18.7 Å². The second-order valence-electron chi connectivity index (χ2n) is 5.32. The van der Waals surface area contributed by atoms with E-state index >= 15 is 0 Å². The van der Waals surface area contributed by atoms with Gasteiger partial charge in [-0.3, -0.25) is 4.79 Å². The first kappa shape index (κ1) is 13.6. The third-order valence-electron chi connectivity index (χ3n) is 3.75. The number of carbonyl (C=O) groups excluding carboxylic acids is 1. The molecule has 3 rings (SSSR count). The second-order valence-corrected chi connectivity index (χ2v) is 5.32. The molecule has 0 radical (unpaired) electrons. The average molecular weight is 291 g/mol. The summed E-state index contributed by atoms with van der Waals surface area (Å²) >= 11 is 0. The number of rotatable bonds is 4. The number of carbonyl (C=O) groups is 2. The van der Waals surface area contributed by atoms with Crippen LogP contribution in [0.2, 0.25) is 0 Å². The maximum absolute atomic E-state index is 13.2. The minimum atomic E-state index is -1.05. The van der Waals surface area contributed by atoms with Gasteiger partial charge in [0.15, 0.2) is 5.76 Å². The Balaban J connectivity index is 1.90. The lowest BCUT2D eigenvalue weighted by molar-refractivity contribution is -0.139. The van der Waals surface area contributed by atoms with Crippen LogP contribution in [-0.2, 0) is 4.79 Å². The van der Waals surface area contributed by atoms with Gasteiger partial charge in [0, 0.05) is 10.9 Å². The highest BCUT2D eigenvalue weighted by Crippen LogP contribution is 2.33. The normalized spacial score (nSPS) is 15.9. The van der Waals surface area contributed by atoms with Crippen molar-refractivity contribution in [2.24, 2.45) is 5.92 Å². The largest absolute Gasteiger partial charge is 0.480 e. The van der Waals surface area contributed by atoms with E-state index in [1.165, 1.54) is 18.2 Å². The molecule has 110 valence electrons. The molecular weight excluding hydrogens is 277 g/mol. The van der Waals surface area contributed by atoms with Crippen molar-refractivity contribution in [2.45, 2.75) is 25.8 Å². The van der Waals surface area contributed by atoms with Crippen molar-refractivity contribution in [1.29, 1.82) is 0 Å². The van der Waals surface area contributed by atoms with Gasteiger partial charge >= 0.3 is 5.97 Å². The van der Waals surface area contributed by atoms with Gasteiger partial charge in [-0.1, -0.05) is 0 Å². The summed E-state index contributed by atoms with van der Waals surface area (Å²) in [5, 5.41) is 12.1. The molecule has 1 saturated carbocycles. The van der Waals surface area contributed by atoms with E-state index in [2.05, 4.69) is 5.32 Å². The third kappa shape index (κ3) is 2.49. The van der Waals surface area contributed by atoms with Crippen molar-refractivity contribution in [3.8, 4) is 0 Å². The van der Waals surface area contributed by atoms with Crippen LogP contribution < -0.4 is 5.32 Å². The molecule has 2 aromatic rings. The molecule has 1 unspecified atom stereocenters. The number of fused-ring (bicyclic) bond motifs is 1. The first-order chi connectivity index (χ1) is 9.97. The van der Waals surface area contributed by atoms with Crippen molar-refractivity contribution in [1.82, 2.24) is 5.32 Å². The number of benzene rings is 1. The standard InChI is InChI=1S/C15H14FNO4/c1-7-10-6-9(16)4-5-11(10)21-13(7)14(18)17-12(15(19)20)8-2-3-8/h4-6,8,12H,2-3H2,1H3,(H,17,18)(H,19,20). The molecule has 1 atom stereocenters. The zero-order chi connectivity index (χ0) is 15.1. The summed E-state index contributed by atoms with van der Waals surface area (Å²) in [4.78, 5) is 23.4. The molecule has 1 aromatic carbocycles. The molecule has 0 spiro atoms. The van der Waals surface area contributed by atoms with E-state index in [4.69, 9.17) is 9.52 Å². The summed E-state index contributed by atoms with van der Waals surface area (Å²) < 4.78 is 18.7. The number of halogens is 1. The maximum atomic E-state index is 13.2. The number of amides is 1. The smallest absolute Gasteiger partial charge is 0.326 e. The van der Waals surface area contributed by atoms with Gasteiger partial charge in [-0.25, -0.2) is 9.18 Å². The Labute approximate surface area is 119 Å². The van der Waals surface area contributed by atoms with Crippen LogP contribution in [0.5, 0.6) is 0 Å². The van der Waals surface area contributed by atoms with Crippen molar-refractivity contribution < 1.29 is 23.5 Å². The Morgan fingerprint density at radius 2 is 2.14 bits per heavy atom. The molecule has 2 N–H and O–H groups in total. The van der Waals surface area contributed by atoms with Crippen molar-refractivity contribution in [2.75, 3.05) is 0 Å². The summed E-state index contributed by atoms with van der Waals surface area (Å²) in [6.45, 7) is 1.65. The third-order valence-corrected chi connectivity index (χ3v) is 3.75. The van der Waals surface area contributed by atoms with Gasteiger partial charge in [0.05, 0.1) is 0 Å². The quantitative estimate of drug-likeness (QED) is 0.907. The lowest BCUT2D eigenvalue weighted by Gasteiger charge is -2.12. The molecule has 21 heavy (non-hydrogen) atoms. The lowest BCUT2D eigenvalue weighted by Crippen LogP contribution is -2.42. The van der Waals surface area contributed by atoms with Crippen LogP contribution in [0.25, 0.3) is 11.0 Å². The van der Waals surface area contributed by atoms with Crippen molar-refractivity contribution in [3.05, 3.63) is 35.3 Å². The summed E-state index contributed by atoms with van der Waals surface area (Å²) in [6.07, 6.45) is 1.59. The number of aliphatic carboxylic acids is 1. The zero-order valence-electron chi connectivity index (χ0n) is 11.4. The topological polar surface area (TPSA) is 79.5 Å². The average Bonchev–Trinajstić information content (AvgIpc) is 3.21. The highest BCUT2D eigenvalue weighted by atomic mass is 19.1. The fourth-order valence-electron chi connectivity index (χ4n) is 2.43. The Hall–Kier alpha value is -2.37. The van der Waals surface area contributed by atoms with Crippen LogP contribution in [0.3, 0.4) is 0 Å². The number of carboxylic acids is 1. The minimum absolute atomic E-state index is 0.0198. The van der Waals surface area contributed by atoms with E-state index < -0.39 is 23.7 Å². The summed E-state index contributed by atoms with van der Waals surface area (Å²) in [7, 11) is 0. The van der Waals surface area contributed by atoms with Gasteiger partial charge < -0.3 is 14.8 Å². The number of carboxylic acid groups (broad SMARTS) is 1. The van der Waals surface area contributed by atoms with Crippen LogP contribution >= 0.6 is 0 Å². The van der Waals surface area contributed by atoms with Crippen molar-refractivity contribution >= 4 is 22.8 Å². The van der Waals surface area contributed by atoms with E-state index in [0.29, 0.717) is 16.5 Å². The molecule has 0 aliphatic heterocycles. The van der Waals surface area contributed by atoms with Gasteiger partial charge in [0.2, 0.25) is 0 Å². The first-order valence-electron chi connectivity index (χ1n) is 6.69. The molecule has 5 nitrogen and oxygen atoms in total. The molecule has 1 fully saturated rings. The van der Waals surface area contributed by atoms with Gasteiger partial charge in [0.25, 0.3) is 5.91 Å². The van der Waals surface area contributed by atoms with Gasteiger partial charge in [-0.2, -0.15) is 0 Å². The van der Waals surface area contributed by atoms with Gasteiger partial charge in [-0.05, 0) is 43.9 Å². The molecule has 1 aliphatic carbocycles. The number of hydrogen-bond donors (Lipinski definition) is 2. The van der Waals surface area contributed by atoms with E-state index in [9.17, 15) is 14.0 Å². The lowest BCUT2D eigenvalue weighted by atomic mass is 10.1. The van der Waals surface area contributed by atoms with Crippen LogP contribution in [0.1, 0.15) is 29.0 Å². The highest BCUT2D eigenvalue weighted by molar-refractivity contribution is 6.00. The van der Waals surface area contributed by atoms with E-state index in [1.54, 1.807) is 6.92 Å². The Morgan fingerprint density at radius 3 is 2.76 bits per heavy atom. The molecule has 1 heterocycles. The van der Waals surface area contributed by atoms with Crippen LogP contribution in [0.4, 0.5) is 4.39 Å². The molecule has 1 amide bonds. The van der Waals surface area contributed by atoms with Crippen LogP contribution in [0.15, 0.2) is 22.6 Å². The zero-order valence-corrected chi connectivity index (χ0v) is 11.4. The fraction of sp³-hybridized carbons (Fsp3) is 0.333. The summed E-state index contributed by atoms with van der Waals surface area (Å²) in [5.41, 5.74) is 0.902. The number of nitrogens with one attached hydrogen (secondary N) is 1.